The van der Waals surface area contributed by atoms with Crippen LogP contribution in [0, 0.1) is 0 Å². The highest BCUT2D eigenvalue weighted by Crippen LogP contribution is 2.33. The maximum atomic E-state index is 12.1. The van der Waals surface area contributed by atoms with Gasteiger partial charge in [-0.25, -0.2) is 0 Å². The summed E-state index contributed by atoms with van der Waals surface area (Å²) in [5.74, 6) is -0.461. The molecular formula is C12H8BrF3OS. The van der Waals surface area contributed by atoms with E-state index in [0.717, 1.165) is 9.17 Å². The Hall–Kier alpha value is -0.880. The highest BCUT2D eigenvalue weighted by Gasteiger charge is 2.28. The van der Waals surface area contributed by atoms with Crippen LogP contribution in [0.15, 0.2) is 28.1 Å². The van der Waals surface area contributed by atoms with E-state index in [2.05, 4.69) is 15.9 Å². The van der Waals surface area contributed by atoms with Gasteiger partial charge >= 0.3 is 6.18 Å². The maximum absolute atomic E-state index is 12.1. The summed E-state index contributed by atoms with van der Waals surface area (Å²) in [7, 11) is 0. The van der Waals surface area contributed by atoms with E-state index in [1.165, 1.54) is 11.3 Å². The molecule has 6 heteroatoms. The van der Waals surface area contributed by atoms with Gasteiger partial charge in [0.25, 0.3) is 0 Å². The molecule has 1 heterocycles. The first-order valence-corrected chi connectivity index (χ1v) is 6.81. The van der Waals surface area contributed by atoms with E-state index in [4.69, 9.17) is 0 Å². The summed E-state index contributed by atoms with van der Waals surface area (Å²) in [4.78, 5) is 11.8. The van der Waals surface area contributed by atoms with E-state index < -0.39 is 24.8 Å². The Labute approximate surface area is 114 Å². The van der Waals surface area contributed by atoms with Gasteiger partial charge in [-0.3, -0.25) is 4.79 Å². The standard InChI is InChI=1S/C12H8BrF3OS/c13-9-3-1-2-7-8(6-18-11(7)9)10(17)4-5-12(14,15)16/h1-3,6H,4-5H2. The fraction of sp³-hybridized carbons (Fsp3) is 0.250. The average molecular weight is 337 g/mol. The van der Waals surface area contributed by atoms with Crippen LogP contribution in [0.25, 0.3) is 10.1 Å². The summed E-state index contributed by atoms with van der Waals surface area (Å²) in [5, 5.41) is 2.33. The fourth-order valence-electron chi connectivity index (χ4n) is 1.63. The van der Waals surface area contributed by atoms with Gasteiger partial charge < -0.3 is 0 Å². The van der Waals surface area contributed by atoms with Gasteiger partial charge in [-0.05, 0) is 22.0 Å². The van der Waals surface area contributed by atoms with Gasteiger partial charge in [-0.2, -0.15) is 13.2 Å². The predicted octanol–water partition coefficient (Wildman–Crippen LogP) is 5.19. The Morgan fingerprint density at radius 2 is 2.06 bits per heavy atom. The molecule has 0 N–H and O–H groups in total. The van der Waals surface area contributed by atoms with Crippen molar-refractivity contribution in [1.82, 2.24) is 0 Å². The van der Waals surface area contributed by atoms with E-state index in [1.54, 1.807) is 17.5 Å². The second-order valence-electron chi connectivity index (χ2n) is 3.80. The van der Waals surface area contributed by atoms with Gasteiger partial charge in [0.05, 0.1) is 6.42 Å². The first-order chi connectivity index (χ1) is 8.38. The molecule has 0 amide bonds. The van der Waals surface area contributed by atoms with Crippen molar-refractivity contribution < 1.29 is 18.0 Å². The number of carbonyl (C=O) groups excluding carboxylic acids is 1. The number of fused-ring (bicyclic) bond motifs is 1. The minimum Gasteiger partial charge on any atom is -0.294 e. The second kappa shape index (κ2) is 5.01. The number of rotatable bonds is 3. The molecule has 0 atom stereocenters. The van der Waals surface area contributed by atoms with Crippen molar-refractivity contribution in [3.05, 3.63) is 33.6 Å². The summed E-state index contributed by atoms with van der Waals surface area (Å²) in [6.07, 6.45) is -5.86. The largest absolute Gasteiger partial charge is 0.389 e. The first kappa shape index (κ1) is 13.5. The maximum Gasteiger partial charge on any atom is 0.389 e. The van der Waals surface area contributed by atoms with Gasteiger partial charge in [-0.1, -0.05) is 12.1 Å². The molecule has 0 aliphatic rings. The fourth-order valence-corrected chi connectivity index (χ4v) is 3.25. The number of alkyl halides is 3. The minimum atomic E-state index is -4.29. The zero-order valence-corrected chi connectivity index (χ0v) is 11.5. The smallest absolute Gasteiger partial charge is 0.294 e. The number of ketones is 1. The quantitative estimate of drug-likeness (QED) is 0.705. The van der Waals surface area contributed by atoms with Crippen molar-refractivity contribution >= 4 is 43.1 Å². The van der Waals surface area contributed by atoms with Gasteiger partial charge in [0.15, 0.2) is 5.78 Å². The zero-order chi connectivity index (χ0) is 13.3. The molecule has 1 aromatic heterocycles. The molecule has 18 heavy (non-hydrogen) atoms. The van der Waals surface area contributed by atoms with Crippen LogP contribution in [0.4, 0.5) is 13.2 Å². The van der Waals surface area contributed by atoms with Crippen molar-refractivity contribution in [3.63, 3.8) is 0 Å². The van der Waals surface area contributed by atoms with E-state index in [-0.39, 0.29) is 0 Å². The van der Waals surface area contributed by atoms with Gasteiger partial charge in [0.1, 0.15) is 0 Å². The Balaban J connectivity index is 2.26. The normalized spacial score (nSPS) is 12.0. The predicted molar refractivity (Wildman–Crippen MR) is 69.1 cm³/mol. The van der Waals surface area contributed by atoms with Crippen LogP contribution in [-0.2, 0) is 0 Å². The molecule has 0 unspecified atom stereocenters. The lowest BCUT2D eigenvalue weighted by Crippen LogP contribution is -2.10. The topological polar surface area (TPSA) is 17.1 Å². The number of carbonyl (C=O) groups is 1. The average Bonchev–Trinajstić information content (AvgIpc) is 2.70. The van der Waals surface area contributed by atoms with Crippen LogP contribution >= 0.6 is 27.3 Å². The third-order valence-corrected chi connectivity index (χ3v) is 4.44. The van der Waals surface area contributed by atoms with Crippen LogP contribution in [0.2, 0.25) is 0 Å². The summed E-state index contributed by atoms with van der Waals surface area (Å²) in [5.41, 5.74) is 0.376. The monoisotopic (exact) mass is 336 g/mol. The number of benzene rings is 1. The van der Waals surface area contributed by atoms with Gasteiger partial charge in [-0.15, -0.1) is 11.3 Å². The number of hydrogen-bond donors (Lipinski definition) is 0. The van der Waals surface area contributed by atoms with E-state index in [0.29, 0.717) is 10.9 Å². The van der Waals surface area contributed by atoms with Crippen molar-refractivity contribution in [3.8, 4) is 0 Å². The van der Waals surface area contributed by atoms with Crippen molar-refractivity contribution in [1.29, 1.82) is 0 Å². The highest BCUT2D eigenvalue weighted by molar-refractivity contribution is 9.10. The zero-order valence-electron chi connectivity index (χ0n) is 9.05. The van der Waals surface area contributed by atoms with E-state index >= 15 is 0 Å². The van der Waals surface area contributed by atoms with Crippen LogP contribution in [0.3, 0.4) is 0 Å². The lowest BCUT2D eigenvalue weighted by molar-refractivity contribution is -0.133. The molecule has 96 valence electrons. The summed E-state index contributed by atoms with van der Waals surface area (Å²) in [6, 6.07) is 5.35. The Bertz CT molecular complexity index is 589. The minimum absolute atomic E-state index is 0.376. The molecule has 1 aromatic carbocycles. The van der Waals surface area contributed by atoms with Crippen LogP contribution in [0.1, 0.15) is 23.2 Å². The molecule has 0 saturated heterocycles. The summed E-state index contributed by atoms with van der Waals surface area (Å²) < 4.78 is 38.0. The van der Waals surface area contributed by atoms with E-state index in [1.807, 2.05) is 6.07 Å². The van der Waals surface area contributed by atoms with Crippen LogP contribution in [0.5, 0.6) is 0 Å². The lowest BCUT2D eigenvalue weighted by Gasteiger charge is -2.04. The van der Waals surface area contributed by atoms with E-state index in [9.17, 15) is 18.0 Å². The molecular weight excluding hydrogens is 329 g/mol. The van der Waals surface area contributed by atoms with Gasteiger partial charge in [0, 0.05) is 31.9 Å². The lowest BCUT2D eigenvalue weighted by atomic mass is 10.1. The summed E-state index contributed by atoms with van der Waals surface area (Å²) >= 11 is 4.70. The molecule has 0 aliphatic carbocycles. The number of halogens is 4. The SMILES string of the molecule is O=C(CCC(F)(F)F)c1csc2c(Br)cccc12. The van der Waals surface area contributed by atoms with Crippen molar-refractivity contribution in [2.45, 2.75) is 19.0 Å². The molecule has 2 rings (SSSR count). The Morgan fingerprint density at radius 3 is 2.72 bits per heavy atom. The van der Waals surface area contributed by atoms with Gasteiger partial charge in [0.2, 0.25) is 0 Å². The Morgan fingerprint density at radius 1 is 1.33 bits per heavy atom. The van der Waals surface area contributed by atoms with Crippen molar-refractivity contribution in [2.24, 2.45) is 0 Å². The molecule has 0 bridgehead atoms. The van der Waals surface area contributed by atoms with Crippen LogP contribution < -0.4 is 0 Å². The molecule has 0 radical (unpaired) electrons. The molecule has 1 nitrogen and oxygen atoms in total. The first-order valence-electron chi connectivity index (χ1n) is 5.14. The third kappa shape index (κ3) is 2.92. The molecule has 2 aromatic rings. The molecule has 0 saturated carbocycles. The second-order valence-corrected chi connectivity index (χ2v) is 5.54. The third-order valence-electron chi connectivity index (χ3n) is 2.49. The Kier molecular flexibility index (Phi) is 3.77. The van der Waals surface area contributed by atoms with Crippen molar-refractivity contribution in [2.75, 3.05) is 0 Å². The van der Waals surface area contributed by atoms with Crippen LogP contribution in [-0.4, -0.2) is 12.0 Å². The summed E-state index contributed by atoms with van der Waals surface area (Å²) in [6.45, 7) is 0. The number of Topliss-reactive ketones (excluding diaryl/α,β-unsaturated/α-hetero) is 1. The molecule has 0 fully saturated rings. The number of hydrogen-bond acceptors (Lipinski definition) is 2. The molecule has 0 aliphatic heterocycles. The number of thiophene rings is 1. The highest BCUT2D eigenvalue weighted by atomic mass is 79.9. The molecule has 0 spiro atoms.